The maximum Gasteiger partial charge on any atom is 0.304 e. The zero-order valence-corrected chi connectivity index (χ0v) is 12.9. The molecule has 0 heterocycles. The number of nitrogens with zero attached hydrogens (tertiary/aromatic N) is 1. The summed E-state index contributed by atoms with van der Waals surface area (Å²) in [5, 5.41) is 8.71. The number of carbonyl (C=O) groups is 1. The zero-order valence-electron chi connectivity index (χ0n) is 11.3. The highest BCUT2D eigenvalue weighted by atomic mass is 79.9. The van der Waals surface area contributed by atoms with Gasteiger partial charge in [0, 0.05) is 23.6 Å². The third-order valence-corrected chi connectivity index (χ3v) is 3.28. The van der Waals surface area contributed by atoms with Gasteiger partial charge in [-0.15, -0.1) is 0 Å². The van der Waals surface area contributed by atoms with Crippen LogP contribution < -0.4 is 4.74 Å². The maximum atomic E-state index is 10.6. The Hall–Kier alpha value is -1.07. The Balaban J connectivity index is 2.37. The molecule has 0 fully saturated rings. The van der Waals surface area contributed by atoms with Crippen molar-refractivity contribution in [1.29, 1.82) is 0 Å². The van der Waals surface area contributed by atoms with Crippen molar-refractivity contribution in [3.8, 4) is 5.75 Å². The predicted octanol–water partition coefficient (Wildman–Crippen LogP) is 3.01. The van der Waals surface area contributed by atoms with Gasteiger partial charge in [-0.05, 0) is 32.0 Å². The number of ether oxygens (including phenoxy) is 1. The number of halogens is 1. The summed E-state index contributed by atoms with van der Waals surface area (Å²) in [7, 11) is 0. The standard InChI is InChI=1S/C14H20BrNO3/c1-11(2)16(7-6-14(17)18)8-9-19-13-5-3-4-12(15)10-13/h3-5,10-11H,6-9H2,1-2H3,(H,17,18). The van der Waals surface area contributed by atoms with Gasteiger partial charge in [-0.25, -0.2) is 0 Å². The van der Waals surface area contributed by atoms with E-state index in [9.17, 15) is 4.79 Å². The summed E-state index contributed by atoms with van der Waals surface area (Å²) in [6.45, 7) is 5.93. The number of rotatable bonds is 8. The Kier molecular flexibility index (Phi) is 6.87. The molecule has 5 heteroatoms. The van der Waals surface area contributed by atoms with Crippen LogP contribution in [0, 0.1) is 0 Å². The normalized spacial score (nSPS) is 11.0. The van der Waals surface area contributed by atoms with Crippen molar-refractivity contribution in [1.82, 2.24) is 4.90 Å². The summed E-state index contributed by atoms with van der Waals surface area (Å²) in [6.07, 6.45) is 0.162. The highest BCUT2D eigenvalue weighted by Crippen LogP contribution is 2.17. The van der Waals surface area contributed by atoms with Gasteiger partial charge in [0.25, 0.3) is 0 Å². The Morgan fingerprint density at radius 1 is 1.42 bits per heavy atom. The lowest BCUT2D eigenvalue weighted by Crippen LogP contribution is -2.36. The first kappa shape index (κ1) is 16.0. The van der Waals surface area contributed by atoms with Crippen LogP contribution in [0.4, 0.5) is 0 Å². The van der Waals surface area contributed by atoms with E-state index < -0.39 is 5.97 Å². The largest absolute Gasteiger partial charge is 0.492 e. The molecule has 1 aromatic carbocycles. The van der Waals surface area contributed by atoms with Gasteiger partial charge in [0.2, 0.25) is 0 Å². The van der Waals surface area contributed by atoms with Gasteiger partial charge in [-0.2, -0.15) is 0 Å². The molecule has 0 aliphatic carbocycles. The molecule has 1 rings (SSSR count). The van der Waals surface area contributed by atoms with E-state index in [4.69, 9.17) is 9.84 Å². The Morgan fingerprint density at radius 2 is 2.16 bits per heavy atom. The van der Waals surface area contributed by atoms with E-state index in [0.717, 1.165) is 16.8 Å². The number of carboxylic acid groups (broad SMARTS) is 1. The van der Waals surface area contributed by atoms with Crippen molar-refractivity contribution in [2.24, 2.45) is 0 Å². The van der Waals surface area contributed by atoms with Crippen molar-refractivity contribution in [2.45, 2.75) is 26.3 Å². The van der Waals surface area contributed by atoms with Gasteiger partial charge >= 0.3 is 5.97 Å². The summed E-state index contributed by atoms with van der Waals surface area (Å²) < 4.78 is 6.64. The second-order valence-electron chi connectivity index (χ2n) is 4.58. The fraction of sp³-hybridized carbons (Fsp3) is 0.500. The molecule has 1 N–H and O–H groups in total. The molecule has 0 spiro atoms. The fourth-order valence-electron chi connectivity index (χ4n) is 1.70. The van der Waals surface area contributed by atoms with Crippen LogP contribution in [-0.4, -0.2) is 41.7 Å². The van der Waals surface area contributed by atoms with Crippen molar-refractivity contribution in [3.05, 3.63) is 28.7 Å². The molecule has 0 atom stereocenters. The van der Waals surface area contributed by atoms with Gasteiger partial charge in [-0.3, -0.25) is 9.69 Å². The van der Waals surface area contributed by atoms with E-state index >= 15 is 0 Å². The van der Waals surface area contributed by atoms with Crippen molar-refractivity contribution in [2.75, 3.05) is 19.7 Å². The van der Waals surface area contributed by atoms with E-state index in [1.165, 1.54) is 0 Å². The number of aliphatic carboxylic acids is 1. The molecule has 0 bridgehead atoms. The van der Waals surface area contributed by atoms with Gasteiger partial charge in [0.05, 0.1) is 6.42 Å². The minimum absolute atomic E-state index is 0.162. The molecule has 1 aromatic rings. The molecular weight excluding hydrogens is 310 g/mol. The first-order chi connectivity index (χ1) is 8.99. The molecule has 0 saturated carbocycles. The topological polar surface area (TPSA) is 49.8 Å². The fourth-order valence-corrected chi connectivity index (χ4v) is 2.08. The monoisotopic (exact) mass is 329 g/mol. The van der Waals surface area contributed by atoms with E-state index in [0.29, 0.717) is 19.2 Å². The number of carboxylic acids is 1. The van der Waals surface area contributed by atoms with Crippen LogP contribution in [0.1, 0.15) is 20.3 Å². The van der Waals surface area contributed by atoms with E-state index in [1.807, 2.05) is 24.3 Å². The van der Waals surface area contributed by atoms with Crippen molar-refractivity contribution in [3.63, 3.8) is 0 Å². The van der Waals surface area contributed by atoms with Crippen LogP contribution in [0.25, 0.3) is 0 Å². The lowest BCUT2D eigenvalue weighted by molar-refractivity contribution is -0.137. The molecule has 19 heavy (non-hydrogen) atoms. The molecule has 0 saturated heterocycles. The number of hydrogen-bond donors (Lipinski definition) is 1. The van der Waals surface area contributed by atoms with E-state index in [1.54, 1.807) is 0 Å². The van der Waals surface area contributed by atoms with Crippen LogP contribution in [0.5, 0.6) is 5.75 Å². The number of benzene rings is 1. The lowest BCUT2D eigenvalue weighted by atomic mass is 10.3. The molecule has 0 aliphatic heterocycles. The SMILES string of the molecule is CC(C)N(CCOc1cccc(Br)c1)CCC(=O)O. The smallest absolute Gasteiger partial charge is 0.304 e. The minimum atomic E-state index is -0.765. The Labute approximate surface area is 122 Å². The number of hydrogen-bond acceptors (Lipinski definition) is 3. The molecule has 0 aromatic heterocycles. The zero-order chi connectivity index (χ0) is 14.3. The summed E-state index contributed by atoms with van der Waals surface area (Å²) in [5.41, 5.74) is 0. The molecular formula is C14H20BrNO3. The summed E-state index contributed by atoms with van der Waals surface area (Å²) in [4.78, 5) is 12.7. The molecule has 0 radical (unpaired) electrons. The molecule has 0 unspecified atom stereocenters. The van der Waals surface area contributed by atoms with Gasteiger partial charge < -0.3 is 9.84 Å². The van der Waals surface area contributed by atoms with Crippen LogP contribution in [0.2, 0.25) is 0 Å². The minimum Gasteiger partial charge on any atom is -0.492 e. The van der Waals surface area contributed by atoms with Gasteiger partial charge in [0.1, 0.15) is 12.4 Å². The Bertz CT molecular complexity index is 409. The Morgan fingerprint density at radius 3 is 2.74 bits per heavy atom. The lowest BCUT2D eigenvalue weighted by Gasteiger charge is -2.25. The molecule has 0 aliphatic rings. The molecule has 106 valence electrons. The average molecular weight is 330 g/mol. The highest BCUT2D eigenvalue weighted by Gasteiger charge is 2.11. The van der Waals surface area contributed by atoms with Crippen LogP contribution >= 0.6 is 15.9 Å². The predicted molar refractivity (Wildman–Crippen MR) is 78.6 cm³/mol. The van der Waals surface area contributed by atoms with Gasteiger partial charge in [-0.1, -0.05) is 22.0 Å². The third kappa shape index (κ3) is 6.59. The van der Waals surface area contributed by atoms with Gasteiger partial charge in [0.15, 0.2) is 0 Å². The molecule has 4 nitrogen and oxygen atoms in total. The van der Waals surface area contributed by atoms with Crippen LogP contribution in [-0.2, 0) is 4.79 Å². The first-order valence-electron chi connectivity index (χ1n) is 6.33. The van der Waals surface area contributed by atoms with Crippen LogP contribution in [0.3, 0.4) is 0 Å². The average Bonchev–Trinajstić information content (AvgIpc) is 2.32. The first-order valence-corrected chi connectivity index (χ1v) is 7.12. The summed E-state index contributed by atoms with van der Waals surface area (Å²) >= 11 is 3.39. The maximum absolute atomic E-state index is 10.6. The quantitative estimate of drug-likeness (QED) is 0.796. The third-order valence-electron chi connectivity index (χ3n) is 2.79. The van der Waals surface area contributed by atoms with Crippen LogP contribution in [0.15, 0.2) is 28.7 Å². The van der Waals surface area contributed by atoms with E-state index in [2.05, 4.69) is 34.7 Å². The summed E-state index contributed by atoms with van der Waals surface area (Å²) in [6, 6.07) is 7.99. The second kappa shape index (κ2) is 8.17. The van der Waals surface area contributed by atoms with Crippen molar-refractivity contribution >= 4 is 21.9 Å². The summed E-state index contributed by atoms with van der Waals surface area (Å²) in [5.74, 6) is 0.0508. The highest BCUT2D eigenvalue weighted by molar-refractivity contribution is 9.10. The second-order valence-corrected chi connectivity index (χ2v) is 5.49. The molecule has 0 amide bonds. The van der Waals surface area contributed by atoms with E-state index in [-0.39, 0.29) is 6.42 Å². The van der Waals surface area contributed by atoms with Crippen molar-refractivity contribution < 1.29 is 14.6 Å².